The summed E-state index contributed by atoms with van der Waals surface area (Å²) in [5, 5.41) is 17.1. The summed E-state index contributed by atoms with van der Waals surface area (Å²) in [5.41, 5.74) is 0. The van der Waals surface area contributed by atoms with Crippen molar-refractivity contribution in [3.63, 3.8) is 0 Å². The number of aliphatic hydroxyl groups excluding tert-OH is 2. The van der Waals surface area contributed by atoms with Crippen molar-refractivity contribution >= 4 is 21.6 Å². The molecule has 0 unspecified atom stereocenters. The minimum atomic E-state index is 0.0358. The summed E-state index contributed by atoms with van der Waals surface area (Å²) in [5.74, 6) is 1.85. The quantitative estimate of drug-likeness (QED) is 0.109. The first-order valence-electron chi connectivity index (χ1n) is 11.0. The molecule has 0 heterocycles. The standard InChI is InChI=1S/C20H42O10S2/c21-1-3-23-5-7-25-9-11-27-13-15-29-17-19-31-32-20-18-30-16-14-28-12-10-26-8-6-24-4-2-22/h21-22H,1-20H2. The van der Waals surface area contributed by atoms with Crippen LogP contribution in [-0.2, 0) is 37.9 Å². The Hall–Kier alpha value is 0.300. The van der Waals surface area contributed by atoms with Gasteiger partial charge in [0.05, 0.1) is 119 Å². The van der Waals surface area contributed by atoms with Gasteiger partial charge >= 0.3 is 0 Å². The minimum Gasteiger partial charge on any atom is -0.394 e. The number of ether oxygens (including phenoxy) is 8. The van der Waals surface area contributed by atoms with Crippen molar-refractivity contribution in [2.75, 3.05) is 130 Å². The highest BCUT2D eigenvalue weighted by Crippen LogP contribution is 2.20. The van der Waals surface area contributed by atoms with E-state index in [1.165, 1.54) is 0 Å². The van der Waals surface area contributed by atoms with Gasteiger partial charge in [-0.3, -0.25) is 0 Å². The van der Waals surface area contributed by atoms with E-state index < -0.39 is 0 Å². The normalized spacial score (nSPS) is 11.4. The van der Waals surface area contributed by atoms with Crippen LogP contribution in [0, 0.1) is 0 Å². The van der Waals surface area contributed by atoms with Crippen molar-refractivity contribution in [2.45, 2.75) is 0 Å². The Bertz CT molecular complexity index is 303. The highest BCUT2D eigenvalue weighted by molar-refractivity contribution is 8.76. The third kappa shape index (κ3) is 30.3. The third-order valence-corrected chi connectivity index (χ3v) is 5.74. The van der Waals surface area contributed by atoms with E-state index in [4.69, 9.17) is 48.1 Å². The van der Waals surface area contributed by atoms with E-state index in [-0.39, 0.29) is 13.2 Å². The Morgan fingerprint density at radius 3 is 0.781 bits per heavy atom. The monoisotopic (exact) mass is 506 g/mol. The van der Waals surface area contributed by atoms with E-state index in [0.29, 0.717) is 106 Å². The lowest BCUT2D eigenvalue weighted by Gasteiger charge is -2.07. The zero-order chi connectivity index (χ0) is 23.2. The van der Waals surface area contributed by atoms with Crippen LogP contribution in [0.2, 0.25) is 0 Å². The molecule has 0 spiro atoms. The van der Waals surface area contributed by atoms with E-state index in [1.807, 2.05) is 0 Å². The summed E-state index contributed by atoms with van der Waals surface area (Å²) in [6, 6.07) is 0. The van der Waals surface area contributed by atoms with E-state index in [2.05, 4.69) is 0 Å². The van der Waals surface area contributed by atoms with Crippen LogP contribution >= 0.6 is 21.6 Å². The summed E-state index contributed by atoms with van der Waals surface area (Å²) in [4.78, 5) is 0. The second kappa shape index (κ2) is 31.3. The van der Waals surface area contributed by atoms with Gasteiger partial charge in [-0.2, -0.15) is 0 Å². The molecule has 194 valence electrons. The lowest BCUT2D eigenvalue weighted by molar-refractivity contribution is -0.00420. The van der Waals surface area contributed by atoms with Gasteiger partial charge in [0.15, 0.2) is 0 Å². The average Bonchev–Trinajstić information content (AvgIpc) is 2.81. The van der Waals surface area contributed by atoms with Crippen LogP contribution in [0.5, 0.6) is 0 Å². The fourth-order valence-corrected chi connectivity index (χ4v) is 3.68. The van der Waals surface area contributed by atoms with Gasteiger partial charge in [0, 0.05) is 11.5 Å². The molecule has 0 aromatic rings. The van der Waals surface area contributed by atoms with Crippen molar-refractivity contribution in [1.82, 2.24) is 0 Å². The molecule has 0 aromatic carbocycles. The van der Waals surface area contributed by atoms with E-state index >= 15 is 0 Å². The SMILES string of the molecule is OCCOCCOCCOCCOCCSSCCOCCOCCOCCOCCO. The van der Waals surface area contributed by atoms with Crippen LogP contribution in [0.1, 0.15) is 0 Å². The zero-order valence-electron chi connectivity index (χ0n) is 19.1. The van der Waals surface area contributed by atoms with Crippen molar-refractivity contribution in [1.29, 1.82) is 0 Å². The van der Waals surface area contributed by atoms with Gasteiger partial charge in [0.25, 0.3) is 0 Å². The predicted molar refractivity (Wildman–Crippen MR) is 126 cm³/mol. The first-order chi connectivity index (χ1) is 15.9. The number of rotatable bonds is 29. The highest BCUT2D eigenvalue weighted by Gasteiger charge is 1.96. The Balaban J connectivity index is 2.98. The van der Waals surface area contributed by atoms with E-state index in [0.717, 1.165) is 11.5 Å². The molecule has 32 heavy (non-hydrogen) atoms. The van der Waals surface area contributed by atoms with Crippen LogP contribution in [0.15, 0.2) is 0 Å². The molecular weight excluding hydrogens is 464 g/mol. The van der Waals surface area contributed by atoms with Crippen LogP contribution < -0.4 is 0 Å². The Morgan fingerprint density at radius 2 is 0.531 bits per heavy atom. The summed E-state index contributed by atoms with van der Waals surface area (Å²) in [6.07, 6.45) is 0. The average molecular weight is 507 g/mol. The fourth-order valence-electron chi connectivity index (χ4n) is 1.96. The Morgan fingerprint density at radius 1 is 0.312 bits per heavy atom. The molecule has 0 bridgehead atoms. The maximum Gasteiger partial charge on any atom is 0.0701 e. The molecule has 0 aliphatic carbocycles. The number of hydrogen-bond donors (Lipinski definition) is 2. The van der Waals surface area contributed by atoms with Crippen molar-refractivity contribution in [3.8, 4) is 0 Å². The molecule has 0 aliphatic heterocycles. The van der Waals surface area contributed by atoms with Crippen LogP contribution in [0.4, 0.5) is 0 Å². The smallest absolute Gasteiger partial charge is 0.0701 e. The first-order valence-corrected chi connectivity index (χ1v) is 13.5. The number of aliphatic hydroxyl groups is 2. The van der Waals surface area contributed by atoms with Gasteiger partial charge in [-0.1, -0.05) is 21.6 Å². The van der Waals surface area contributed by atoms with Gasteiger partial charge in [-0.15, -0.1) is 0 Å². The highest BCUT2D eigenvalue weighted by atomic mass is 33.1. The molecule has 0 atom stereocenters. The predicted octanol–water partition coefficient (Wildman–Crippen LogP) is 0.485. The van der Waals surface area contributed by atoms with Gasteiger partial charge in [0.1, 0.15) is 0 Å². The lowest BCUT2D eigenvalue weighted by Crippen LogP contribution is -2.13. The summed E-state index contributed by atoms with van der Waals surface area (Å²) in [6.45, 7) is 8.56. The van der Waals surface area contributed by atoms with Gasteiger partial charge in [0.2, 0.25) is 0 Å². The molecule has 0 amide bonds. The van der Waals surface area contributed by atoms with E-state index in [1.54, 1.807) is 21.6 Å². The zero-order valence-corrected chi connectivity index (χ0v) is 20.8. The Labute approximate surface area is 200 Å². The molecule has 0 saturated heterocycles. The maximum absolute atomic E-state index is 8.55. The first kappa shape index (κ1) is 32.3. The second-order valence-electron chi connectivity index (χ2n) is 5.99. The fraction of sp³-hybridized carbons (Fsp3) is 1.00. The van der Waals surface area contributed by atoms with E-state index in [9.17, 15) is 0 Å². The van der Waals surface area contributed by atoms with Crippen LogP contribution in [-0.4, -0.2) is 141 Å². The second-order valence-corrected chi connectivity index (χ2v) is 8.69. The third-order valence-electron chi connectivity index (χ3n) is 3.41. The molecule has 0 aliphatic rings. The topological polar surface area (TPSA) is 114 Å². The van der Waals surface area contributed by atoms with Crippen LogP contribution in [0.25, 0.3) is 0 Å². The minimum absolute atomic E-state index is 0.0358. The molecule has 0 aromatic heterocycles. The number of hydrogen-bond acceptors (Lipinski definition) is 12. The Kier molecular flexibility index (Phi) is 31.6. The molecule has 0 fully saturated rings. The molecule has 0 rings (SSSR count). The summed E-state index contributed by atoms with van der Waals surface area (Å²) < 4.78 is 42.6. The van der Waals surface area contributed by atoms with Gasteiger partial charge < -0.3 is 48.1 Å². The maximum atomic E-state index is 8.55. The summed E-state index contributed by atoms with van der Waals surface area (Å²) in [7, 11) is 3.54. The van der Waals surface area contributed by atoms with Crippen LogP contribution in [0.3, 0.4) is 0 Å². The largest absolute Gasteiger partial charge is 0.394 e. The molecule has 0 radical (unpaired) electrons. The molecule has 12 heteroatoms. The summed E-state index contributed by atoms with van der Waals surface area (Å²) >= 11 is 0. The van der Waals surface area contributed by atoms with Gasteiger partial charge in [-0.05, 0) is 0 Å². The van der Waals surface area contributed by atoms with Crippen molar-refractivity contribution in [2.24, 2.45) is 0 Å². The lowest BCUT2D eigenvalue weighted by atomic mass is 10.7. The van der Waals surface area contributed by atoms with Crippen molar-refractivity contribution < 1.29 is 48.1 Å². The van der Waals surface area contributed by atoms with Crippen molar-refractivity contribution in [3.05, 3.63) is 0 Å². The molecular formula is C20H42O10S2. The van der Waals surface area contributed by atoms with Gasteiger partial charge in [-0.25, -0.2) is 0 Å². The molecule has 10 nitrogen and oxygen atoms in total. The molecule has 0 saturated carbocycles. The molecule has 2 N–H and O–H groups in total.